The van der Waals surface area contributed by atoms with Crippen molar-refractivity contribution in [2.75, 3.05) is 0 Å². The molecule has 2 nitrogen and oxygen atoms in total. The second-order valence-corrected chi connectivity index (χ2v) is 9.45. The summed E-state index contributed by atoms with van der Waals surface area (Å²) in [5.41, 5.74) is 7.05. The Morgan fingerprint density at radius 3 is 2.40 bits per heavy atom. The van der Waals surface area contributed by atoms with Gasteiger partial charge in [0.1, 0.15) is 11.2 Å². The Balaban J connectivity index is 1.42. The Labute approximate surface area is 207 Å². The zero-order valence-electron chi connectivity index (χ0n) is 21.0. The Kier molecular flexibility index (Phi) is 5.28. The zero-order chi connectivity index (χ0) is 24.7. The van der Waals surface area contributed by atoms with Gasteiger partial charge in [0.25, 0.3) is 0 Å². The summed E-state index contributed by atoms with van der Waals surface area (Å²) >= 11 is 0. The van der Waals surface area contributed by atoms with Gasteiger partial charge >= 0.3 is 0 Å². The lowest BCUT2D eigenvalue weighted by atomic mass is 9.93. The van der Waals surface area contributed by atoms with Crippen molar-refractivity contribution in [2.24, 2.45) is 0 Å². The van der Waals surface area contributed by atoms with Crippen LogP contribution in [0.1, 0.15) is 56.6 Å². The summed E-state index contributed by atoms with van der Waals surface area (Å²) in [6.07, 6.45) is 9.44. The lowest BCUT2D eigenvalue weighted by molar-refractivity contribution is 0.671. The molecule has 2 heteroatoms. The van der Waals surface area contributed by atoms with Gasteiger partial charge in [-0.05, 0) is 65.5 Å². The summed E-state index contributed by atoms with van der Waals surface area (Å²) in [6.45, 7) is 2.10. The Morgan fingerprint density at radius 1 is 0.857 bits per heavy atom. The normalized spacial score (nSPS) is 16.8. The molecule has 0 bridgehead atoms. The summed E-state index contributed by atoms with van der Waals surface area (Å²) in [5, 5.41) is 12.3. The number of rotatable bonds is 5. The number of nitrogens with one attached hydrogen (secondary N) is 1. The maximum atomic E-state index is 8.81. The van der Waals surface area contributed by atoms with Crippen LogP contribution in [0.25, 0.3) is 43.9 Å². The van der Waals surface area contributed by atoms with Crippen LogP contribution in [0, 0.1) is 5.41 Å². The Bertz CT molecular complexity index is 1660. The molecule has 0 atom stereocenters. The van der Waals surface area contributed by atoms with Gasteiger partial charge in [0, 0.05) is 29.3 Å². The fraction of sp³-hybridized carbons (Fsp3) is 0.182. The number of hydrogen-bond acceptors (Lipinski definition) is 2. The number of benzene rings is 4. The van der Waals surface area contributed by atoms with Gasteiger partial charge in [-0.1, -0.05) is 91.7 Å². The van der Waals surface area contributed by atoms with Gasteiger partial charge in [0.05, 0.1) is 0 Å². The fourth-order valence-corrected chi connectivity index (χ4v) is 5.45. The van der Waals surface area contributed by atoms with Gasteiger partial charge in [-0.2, -0.15) is 0 Å². The highest BCUT2D eigenvalue weighted by atomic mass is 16.3. The van der Waals surface area contributed by atoms with Gasteiger partial charge in [-0.15, -0.1) is 0 Å². The molecule has 35 heavy (non-hydrogen) atoms. The van der Waals surface area contributed by atoms with E-state index in [2.05, 4.69) is 91.9 Å². The molecule has 0 aliphatic heterocycles. The maximum Gasteiger partial charge on any atom is 0.143 e. The average molecular weight is 457 g/mol. The zero-order valence-corrected chi connectivity index (χ0v) is 20.0. The second-order valence-electron chi connectivity index (χ2n) is 9.45. The molecule has 172 valence electrons. The average Bonchev–Trinajstić information content (AvgIpc) is 3.53. The van der Waals surface area contributed by atoms with Gasteiger partial charge < -0.3 is 9.83 Å². The lowest BCUT2D eigenvalue weighted by Crippen LogP contribution is -1.93. The predicted molar refractivity (Wildman–Crippen MR) is 149 cm³/mol. The number of fused-ring (bicyclic) bond motifs is 5. The molecule has 1 aliphatic carbocycles. The lowest BCUT2D eigenvalue weighted by Gasteiger charge is -2.11. The van der Waals surface area contributed by atoms with Crippen molar-refractivity contribution >= 4 is 50.1 Å². The quantitative estimate of drug-likeness (QED) is 0.207. The highest BCUT2D eigenvalue weighted by Crippen LogP contribution is 2.38. The molecule has 1 N–H and O–H groups in total. The fourth-order valence-electron chi connectivity index (χ4n) is 5.45. The molecule has 1 saturated carbocycles. The Hall–Kier alpha value is -3.91. The van der Waals surface area contributed by atoms with E-state index in [1.807, 2.05) is 6.08 Å². The molecular weight excluding hydrogens is 426 g/mol. The van der Waals surface area contributed by atoms with Crippen LogP contribution in [0.5, 0.6) is 0 Å². The largest absolute Gasteiger partial charge is 0.455 e. The number of furan rings is 1. The van der Waals surface area contributed by atoms with Crippen molar-refractivity contribution in [3.8, 4) is 0 Å². The minimum absolute atomic E-state index is 0.448. The standard InChI is InChI=1S/C33H29NO/c1-22(21-27(19-20-34)25-15-13-24(14-16-25)23-7-2-3-8-23)28-11-6-12-30-31-18-17-26-9-4-5-10-29(26)33(31)35-32(28)30/h4-6,9-21,23,34H,2-3,7-8H2,1H3/b22-21+,27-19+,34-20?/i23D. The van der Waals surface area contributed by atoms with E-state index < -0.39 is 5.89 Å². The summed E-state index contributed by atoms with van der Waals surface area (Å²) in [5.74, 6) is -0.448. The molecule has 1 fully saturated rings. The van der Waals surface area contributed by atoms with Crippen LogP contribution in [-0.2, 0) is 0 Å². The third-order valence-electron chi connectivity index (χ3n) is 7.28. The van der Waals surface area contributed by atoms with Crippen molar-refractivity contribution < 1.29 is 5.79 Å². The van der Waals surface area contributed by atoms with Gasteiger partial charge in [0.15, 0.2) is 0 Å². The second kappa shape index (κ2) is 9.03. The Morgan fingerprint density at radius 2 is 1.60 bits per heavy atom. The monoisotopic (exact) mass is 456 g/mol. The number of hydrogen-bond donors (Lipinski definition) is 1. The van der Waals surface area contributed by atoms with Crippen LogP contribution in [-0.4, -0.2) is 6.21 Å². The minimum Gasteiger partial charge on any atom is -0.455 e. The third-order valence-corrected chi connectivity index (χ3v) is 7.28. The van der Waals surface area contributed by atoms with Gasteiger partial charge in [-0.25, -0.2) is 0 Å². The molecular formula is C33H29NO. The smallest absolute Gasteiger partial charge is 0.143 e. The van der Waals surface area contributed by atoms with E-state index in [0.717, 1.165) is 80.8 Å². The molecule has 0 radical (unpaired) electrons. The molecule has 6 rings (SSSR count). The molecule has 0 spiro atoms. The third kappa shape index (κ3) is 3.89. The molecule has 0 saturated heterocycles. The molecule has 1 aromatic heterocycles. The summed E-state index contributed by atoms with van der Waals surface area (Å²) < 4.78 is 15.3. The molecule has 0 amide bonds. The molecule has 1 aliphatic rings. The van der Waals surface area contributed by atoms with Crippen LogP contribution in [0.2, 0.25) is 0 Å². The van der Waals surface area contributed by atoms with E-state index in [1.165, 1.54) is 11.6 Å². The van der Waals surface area contributed by atoms with E-state index >= 15 is 0 Å². The SMILES string of the molecule is [2H]C1(c2ccc(C(=C/C=N)/C=C(\C)c3cccc4c3oc3c5ccccc5ccc43)cc2)CCCC1. The maximum absolute atomic E-state index is 8.81. The van der Waals surface area contributed by atoms with Crippen LogP contribution >= 0.6 is 0 Å². The van der Waals surface area contributed by atoms with Crippen molar-refractivity contribution in [1.29, 1.82) is 5.41 Å². The van der Waals surface area contributed by atoms with Crippen LogP contribution in [0.4, 0.5) is 0 Å². The highest BCUT2D eigenvalue weighted by Gasteiger charge is 2.17. The molecule has 4 aromatic carbocycles. The van der Waals surface area contributed by atoms with Crippen molar-refractivity contribution in [3.63, 3.8) is 0 Å². The summed E-state index contributed by atoms with van der Waals surface area (Å²) in [6, 6.07) is 27.3. The van der Waals surface area contributed by atoms with Gasteiger partial charge in [-0.3, -0.25) is 0 Å². The van der Waals surface area contributed by atoms with E-state index in [-0.39, 0.29) is 0 Å². The number of allylic oxidation sites excluding steroid dienone is 4. The minimum atomic E-state index is -0.448. The highest BCUT2D eigenvalue weighted by molar-refractivity contribution is 6.16. The first-order chi connectivity index (χ1) is 17.6. The van der Waals surface area contributed by atoms with E-state index in [4.69, 9.17) is 11.2 Å². The topological polar surface area (TPSA) is 37.0 Å². The molecule has 0 unspecified atom stereocenters. The van der Waals surface area contributed by atoms with Crippen molar-refractivity contribution in [1.82, 2.24) is 0 Å². The summed E-state index contributed by atoms with van der Waals surface area (Å²) in [7, 11) is 0. The van der Waals surface area contributed by atoms with Gasteiger partial charge in [0.2, 0.25) is 0 Å². The van der Waals surface area contributed by atoms with E-state index in [1.54, 1.807) is 0 Å². The number of para-hydroxylation sites is 1. The van der Waals surface area contributed by atoms with Crippen LogP contribution in [0.3, 0.4) is 0 Å². The van der Waals surface area contributed by atoms with E-state index in [0.29, 0.717) is 0 Å². The van der Waals surface area contributed by atoms with Crippen LogP contribution in [0.15, 0.2) is 95.4 Å². The van der Waals surface area contributed by atoms with Crippen molar-refractivity contribution in [3.05, 3.63) is 108 Å². The van der Waals surface area contributed by atoms with E-state index in [9.17, 15) is 0 Å². The summed E-state index contributed by atoms with van der Waals surface area (Å²) in [4.78, 5) is 0. The molecule has 5 aromatic rings. The molecule has 1 heterocycles. The first-order valence-electron chi connectivity index (χ1n) is 12.9. The first-order valence-corrected chi connectivity index (χ1v) is 12.4. The predicted octanol–water partition coefficient (Wildman–Crippen LogP) is 9.53. The first kappa shape index (κ1) is 20.5. The van der Waals surface area contributed by atoms with Crippen molar-refractivity contribution in [2.45, 2.75) is 38.5 Å². The van der Waals surface area contributed by atoms with Crippen LogP contribution < -0.4 is 0 Å².